The van der Waals surface area contributed by atoms with Crippen molar-refractivity contribution in [1.29, 1.82) is 0 Å². The Kier molecular flexibility index (Phi) is 4.53. The number of aryl methyl sites for hydroxylation is 3. The van der Waals surface area contributed by atoms with Crippen molar-refractivity contribution in [2.24, 2.45) is 14.1 Å². The lowest BCUT2D eigenvalue weighted by Crippen LogP contribution is -2.14. The Labute approximate surface area is 145 Å². The first-order valence-electron chi connectivity index (χ1n) is 7.92. The number of hydrogen-bond donors (Lipinski definition) is 1. The molecule has 0 spiro atoms. The molecule has 3 aromatic rings. The highest BCUT2D eigenvalue weighted by molar-refractivity contribution is 7.13. The highest BCUT2D eigenvalue weighted by atomic mass is 32.1. The van der Waals surface area contributed by atoms with Gasteiger partial charge in [-0.15, -0.1) is 11.3 Å². The van der Waals surface area contributed by atoms with Gasteiger partial charge in [-0.25, -0.2) is 4.98 Å². The van der Waals surface area contributed by atoms with Gasteiger partial charge in [0.05, 0.1) is 11.4 Å². The largest absolute Gasteiger partial charge is 0.346 e. The number of amides is 1. The number of carbonyl (C=O) groups excluding carboxylic acids is 1. The van der Waals surface area contributed by atoms with Crippen molar-refractivity contribution in [3.63, 3.8) is 0 Å². The van der Waals surface area contributed by atoms with Gasteiger partial charge in [0.15, 0.2) is 0 Å². The van der Waals surface area contributed by atoms with Gasteiger partial charge in [-0.1, -0.05) is 13.3 Å². The van der Waals surface area contributed by atoms with E-state index in [0.717, 1.165) is 34.9 Å². The molecule has 0 saturated heterocycles. The molecule has 0 aromatic carbocycles. The molecule has 24 heavy (non-hydrogen) atoms. The van der Waals surface area contributed by atoms with Gasteiger partial charge in [0, 0.05) is 31.2 Å². The Morgan fingerprint density at radius 3 is 2.79 bits per heavy atom. The van der Waals surface area contributed by atoms with Gasteiger partial charge in [-0.3, -0.25) is 9.48 Å². The molecular formula is C17H21N5OS. The summed E-state index contributed by atoms with van der Waals surface area (Å²) in [4.78, 5) is 16.9. The van der Waals surface area contributed by atoms with Crippen molar-refractivity contribution >= 4 is 23.1 Å². The van der Waals surface area contributed by atoms with E-state index in [-0.39, 0.29) is 5.91 Å². The van der Waals surface area contributed by atoms with Crippen molar-refractivity contribution in [1.82, 2.24) is 19.3 Å². The SMILES string of the molecule is CCCc1cc(NC(=O)c2csc(-c3ccc(C)n3C)n2)n(C)n1. The van der Waals surface area contributed by atoms with E-state index in [2.05, 4.69) is 26.9 Å². The average molecular weight is 343 g/mol. The van der Waals surface area contributed by atoms with E-state index < -0.39 is 0 Å². The van der Waals surface area contributed by atoms with Gasteiger partial charge in [0.1, 0.15) is 16.5 Å². The second kappa shape index (κ2) is 6.60. The molecule has 6 nitrogen and oxygen atoms in total. The summed E-state index contributed by atoms with van der Waals surface area (Å²) in [6.45, 7) is 4.15. The fraction of sp³-hybridized carbons (Fsp3) is 0.353. The number of anilines is 1. The smallest absolute Gasteiger partial charge is 0.276 e. The molecule has 0 fully saturated rings. The second-order valence-corrected chi connectivity index (χ2v) is 6.66. The zero-order chi connectivity index (χ0) is 17.3. The lowest BCUT2D eigenvalue weighted by molar-refractivity contribution is 0.102. The average Bonchev–Trinajstić information content (AvgIpc) is 3.22. The van der Waals surface area contributed by atoms with E-state index in [1.54, 1.807) is 10.1 Å². The van der Waals surface area contributed by atoms with E-state index in [4.69, 9.17) is 0 Å². The van der Waals surface area contributed by atoms with Gasteiger partial charge in [-0.05, 0) is 25.5 Å². The number of carbonyl (C=O) groups is 1. The van der Waals surface area contributed by atoms with Crippen LogP contribution in [0.1, 0.15) is 35.2 Å². The van der Waals surface area contributed by atoms with Gasteiger partial charge in [-0.2, -0.15) is 5.10 Å². The number of nitrogens with one attached hydrogen (secondary N) is 1. The van der Waals surface area contributed by atoms with Gasteiger partial charge in [0.2, 0.25) is 0 Å². The van der Waals surface area contributed by atoms with Gasteiger partial charge >= 0.3 is 0 Å². The minimum absolute atomic E-state index is 0.213. The summed E-state index contributed by atoms with van der Waals surface area (Å²) in [5.41, 5.74) is 3.58. The first-order chi connectivity index (χ1) is 11.5. The second-order valence-electron chi connectivity index (χ2n) is 5.81. The minimum Gasteiger partial charge on any atom is -0.346 e. The summed E-state index contributed by atoms with van der Waals surface area (Å²) in [6.07, 6.45) is 1.92. The predicted octanol–water partition coefficient (Wildman–Crippen LogP) is 3.40. The fourth-order valence-corrected chi connectivity index (χ4v) is 3.39. The Morgan fingerprint density at radius 1 is 1.33 bits per heavy atom. The number of nitrogens with zero attached hydrogens (tertiary/aromatic N) is 4. The van der Waals surface area contributed by atoms with Crippen LogP contribution in [-0.4, -0.2) is 25.2 Å². The molecule has 0 atom stereocenters. The molecule has 7 heteroatoms. The Morgan fingerprint density at radius 2 is 2.12 bits per heavy atom. The number of rotatable bonds is 5. The standard InChI is InChI=1S/C17H21N5OS/c1-5-6-12-9-15(22(4)20-12)19-16(23)13-10-24-17(18-13)14-8-7-11(2)21(14)3/h7-10H,5-6H2,1-4H3,(H,19,23). The highest BCUT2D eigenvalue weighted by Crippen LogP contribution is 2.25. The lowest BCUT2D eigenvalue weighted by Gasteiger charge is -2.03. The van der Waals surface area contributed by atoms with Crippen LogP contribution in [-0.2, 0) is 20.5 Å². The molecule has 0 bridgehead atoms. The molecule has 3 rings (SSSR count). The summed E-state index contributed by atoms with van der Waals surface area (Å²) in [5, 5.41) is 9.91. The van der Waals surface area contributed by atoms with Gasteiger partial charge < -0.3 is 9.88 Å². The monoisotopic (exact) mass is 343 g/mol. The van der Waals surface area contributed by atoms with Crippen LogP contribution < -0.4 is 5.32 Å². The van der Waals surface area contributed by atoms with Crippen molar-refractivity contribution in [3.05, 3.63) is 40.7 Å². The maximum absolute atomic E-state index is 12.5. The van der Waals surface area contributed by atoms with Crippen LogP contribution in [0.15, 0.2) is 23.6 Å². The van der Waals surface area contributed by atoms with Crippen LogP contribution >= 0.6 is 11.3 Å². The molecule has 1 N–H and O–H groups in total. The summed E-state index contributed by atoms with van der Waals surface area (Å²) in [5.74, 6) is 0.474. The molecule has 0 radical (unpaired) electrons. The number of thiazole rings is 1. The molecule has 0 aliphatic rings. The van der Waals surface area contributed by atoms with Crippen molar-refractivity contribution in [2.75, 3.05) is 5.32 Å². The van der Waals surface area contributed by atoms with E-state index in [1.807, 2.05) is 39.2 Å². The molecule has 1 amide bonds. The van der Waals surface area contributed by atoms with Crippen LogP contribution in [0.5, 0.6) is 0 Å². The third-order valence-electron chi connectivity index (χ3n) is 4.01. The third-order valence-corrected chi connectivity index (χ3v) is 4.87. The van der Waals surface area contributed by atoms with E-state index >= 15 is 0 Å². The lowest BCUT2D eigenvalue weighted by atomic mass is 10.2. The van der Waals surface area contributed by atoms with E-state index in [0.29, 0.717) is 11.5 Å². The number of hydrogen-bond acceptors (Lipinski definition) is 4. The van der Waals surface area contributed by atoms with Crippen LogP contribution in [0.25, 0.3) is 10.7 Å². The molecule has 3 aromatic heterocycles. The van der Waals surface area contributed by atoms with E-state index in [1.165, 1.54) is 11.3 Å². The molecule has 126 valence electrons. The molecule has 0 unspecified atom stereocenters. The summed E-state index contributed by atoms with van der Waals surface area (Å²) in [7, 11) is 3.82. The maximum atomic E-state index is 12.5. The molecule has 0 aliphatic carbocycles. The quantitative estimate of drug-likeness (QED) is 0.772. The zero-order valence-electron chi connectivity index (χ0n) is 14.3. The van der Waals surface area contributed by atoms with Crippen molar-refractivity contribution in [3.8, 4) is 10.7 Å². The van der Waals surface area contributed by atoms with Crippen molar-refractivity contribution in [2.45, 2.75) is 26.7 Å². The summed E-state index contributed by atoms with van der Waals surface area (Å²) < 4.78 is 3.76. The topological polar surface area (TPSA) is 64.7 Å². The molecule has 0 aliphatic heterocycles. The molecule has 0 saturated carbocycles. The predicted molar refractivity (Wildman–Crippen MR) is 96.4 cm³/mol. The van der Waals surface area contributed by atoms with Gasteiger partial charge in [0.25, 0.3) is 5.91 Å². The first-order valence-corrected chi connectivity index (χ1v) is 8.80. The zero-order valence-corrected chi connectivity index (χ0v) is 15.1. The first kappa shape index (κ1) is 16.4. The normalized spacial score (nSPS) is 11.0. The highest BCUT2D eigenvalue weighted by Gasteiger charge is 2.16. The Bertz CT molecular complexity index is 874. The molecular weight excluding hydrogens is 322 g/mol. The fourth-order valence-electron chi connectivity index (χ4n) is 2.53. The van der Waals surface area contributed by atoms with Crippen LogP contribution in [0.3, 0.4) is 0 Å². The number of aromatic nitrogens is 4. The minimum atomic E-state index is -0.213. The van der Waals surface area contributed by atoms with E-state index in [9.17, 15) is 4.79 Å². The maximum Gasteiger partial charge on any atom is 0.276 e. The summed E-state index contributed by atoms with van der Waals surface area (Å²) >= 11 is 1.47. The Hall–Kier alpha value is -2.41. The Balaban J connectivity index is 1.78. The van der Waals surface area contributed by atoms with Crippen LogP contribution in [0, 0.1) is 6.92 Å². The van der Waals surface area contributed by atoms with Crippen LogP contribution in [0.4, 0.5) is 5.82 Å². The summed E-state index contributed by atoms with van der Waals surface area (Å²) in [6, 6.07) is 5.98. The molecule has 3 heterocycles. The third kappa shape index (κ3) is 3.12. The van der Waals surface area contributed by atoms with Crippen LogP contribution in [0.2, 0.25) is 0 Å². The van der Waals surface area contributed by atoms with Crippen molar-refractivity contribution < 1.29 is 4.79 Å².